The summed E-state index contributed by atoms with van der Waals surface area (Å²) in [6, 6.07) is 7.05. The summed E-state index contributed by atoms with van der Waals surface area (Å²) in [5.74, 6) is 2.49. The highest BCUT2D eigenvalue weighted by Gasteiger charge is 2.11. The predicted molar refractivity (Wildman–Crippen MR) is 70.1 cm³/mol. The maximum Gasteiger partial charge on any atom is 0.127 e. The number of hydrogen-bond donors (Lipinski definition) is 1. The quantitative estimate of drug-likeness (QED) is 0.559. The van der Waals surface area contributed by atoms with Gasteiger partial charge in [-0.1, -0.05) is 25.1 Å². The summed E-state index contributed by atoms with van der Waals surface area (Å²) in [5, 5.41) is 3.38. The van der Waals surface area contributed by atoms with Crippen LogP contribution in [0.5, 0.6) is 0 Å². The Morgan fingerprint density at radius 2 is 2.12 bits per heavy atom. The average molecular weight is 233 g/mol. The molecule has 0 saturated carbocycles. The van der Waals surface area contributed by atoms with E-state index in [0.29, 0.717) is 0 Å². The van der Waals surface area contributed by atoms with Gasteiger partial charge in [0.2, 0.25) is 0 Å². The lowest BCUT2D eigenvalue weighted by atomic mass is 10.0. The van der Waals surface area contributed by atoms with Crippen LogP contribution in [0.25, 0.3) is 0 Å². The van der Waals surface area contributed by atoms with Gasteiger partial charge in [-0.2, -0.15) is 0 Å². The Morgan fingerprint density at radius 3 is 2.76 bits per heavy atom. The van der Waals surface area contributed by atoms with Gasteiger partial charge in [-0.3, -0.25) is 0 Å². The Labute approximate surface area is 103 Å². The first-order chi connectivity index (χ1) is 8.29. The molecule has 2 heteroatoms. The van der Waals surface area contributed by atoms with Gasteiger partial charge in [-0.05, 0) is 31.9 Å². The molecule has 0 aliphatic heterocycles. The summed E-state index contributed by atoms with van der Waals surface area (Å²) in [7, 11) is 0. The molecule has 0 spiro atoms. The molecule has 0 aliphatic rings. The number of unbranched alkanes of at least 4 members (excludes halogenated alkanes) is 2. The summed E-state index contributed by atoms with van der Waals surface area (Å²) >= 11 is 0. The van der Waals surface area contributed by atoms with Crippen molar-refractivity contribution in [3.05, 3.63) is 35.6 Å². The smallest absolute Gasteiger partial charge is 0.127 e. The third kappa shape index (κ3) is 4.58. The molecule has 0 radical (unpaired) electrons. The standard InChI is InChI=1S/C15H20FN/c1-3-5-6-9-12-17-15(4-2)13-10-7-8-11-14(13)16/h1,7-8,10-11,15,17H,4-6,9,12H2,2H3. The largest absolute Gasteiger partial charge is 0.310 e. The SMILES string of the molecule is C#CCCCCNC(CC)c1ccccc1F. The van der Waals surface area contributed by atoms with Crippen LogP contribution in [-0.4, -0.2) is 6.54 Å². The van der Waals surface area contributed by atoms with E-state index in [0.717, 1.165) is 37.8 Å². The molecule has 0 heterocycles. The molecular weight excluding hydrogens is 213 g/mol. The van der Waals surface area contributed by atoms with Gasteiger partial charge >= 0.3 is 0 Å². The zero-order valence-corrected chi connectivity index (χ0v) is 10.4. The van der Waals surface area contributed by atoms with Gasteiger partial charge in [0.1, 0.15) is 5.82 Å². The Balaban J connectivity index is 2.44. The van der Waals surface area contributed by atoms with Crippen LogP contribution in [0.2, 0.25) is 0 Å². The molecule has 1 rings (SSSR count). The van der Waals surface area contributed by atoms with Crippen molar-refractivity contribution in [1.29, 1.82) is 0 Å². The highest BCUT2D eigenvalue weighted by atomic mass is 19.1. The van der Waals surface area contributed by atoms with Crippen LogP contribution in [0.15, 0.2) is 24.3 Å². The Bertz CT molecular complexity index is 367. The molecule has 0 aromatic heterocycles. The van der Waals surface area contributed by atoms with Gasteiger partial charge in [-0.25, -0.2) is 4.39 Å². The third-order valence-electron chi connectivity index (χ3n) is 2.83. The Hall–Kier alpha value is -1.33. The number of halogens is 1. The second-order valence-electron chi connectivity index (χ2n) is 4.10. The molecule has 1 aromatic carbocycles. The maximum atomic E-state index is 13.6. The van der Waals surface area contributed by atoms with Crippen molar-refractivity contribution in [3.63, 3.8) is 0 Å². The van der Waals surface area contributed by atoms with Crippen LogP contribution in [0, 0.1) is 18.2 Å². The highest BCUT2D eigenvalue weighted by molar-refractivity contribution is 5.20. The van der Waals surface area contributed by atoms with Gasteiger partial charge in [0.25, 0.3) is 0 Å². The summed E-state index contributed by atoms with van der Waals surface area (Å²) in [6.45, 7) is 2.94. The summed E-state index contributed by atoms with van der Waals surface area (Å²) < 4.78 is 13.6. The molecule has 92 valence electrons. The molecule has 0 fully saturated rings. The van der Waals surface area contributed by atoms with Crippen molar-refractivity contribution >= 4 is 0 Å². The fourth-order valence-electron chi connectivity index (χ4n) is 1.86. The van der Waals surface area contributed by atoms with E-state index in [4.69, 9.17) is 6.42 Å². The zero-order chi connectivity index (χ0) is 12.5. The predicted octanol–water partition coefficient (Wildman–Crippen LogP) is 3.67. The van der Waals surface area contributed by atoms with Crippen molar-refractivity contribution in [2.24, 2.45) is 0 Å². The molecule has 1 unspecified atom stereocenters. The first-order valence-electron chi connectivity index (χ1n) is 6.20. The van der Waals surface area contributed by atoms with Gasteiger partial charge in [0, 0.05) is 18.0 Å². The second-order valence-corrected chi connectivity index (χ2v) is 4.10. The monoisotopic (exact) mass is 233 g/mol. The minimum absolute atomic E-state index is 0.0991. The number of rotatable bonds is 7. The van der Waals surface area contributed by atoms with E-state index in [-0.39, 0.29) is 11.9 Å². The normalized spacial score (nSPS) is 12.1. The van der Waals surface area contributed by atoms with Gasteiger partial charge < -0.3 is 5.32 Å². The highest BCUT2D eigenvalue weighted by Crippen LogP contribution is 2.19. The van der Waals surface area contributed by atoms with Crippen molar-refractivity contribution in [2.45, 2.75) is 38.6 Å². The van der Waals surface area contributed by atoms with E-state index in [2.05, 4.69) is 18.2 Å². The Morgan fingerprint density at radius 1 is 1.35 bits per heavy atom. The molecular formula is C15H20FN. The van der Waals surface area contributed by atoms with Crippen LogP contribution in [0.4, 0.5) is 4.39 Å². The number of nitrogens with one attached hydrogen (secondary N) is 1. The van der Waals surface area contributed by atoms with Gasteiger partial charge in [-0.15, -0.1) is 12.3 Å². The van der Waals surface area contributed by atoms with E-state index in [1.807, 2.05) is 12.1 Å². The summed E-state index contributed by atoms with van der Waals surface area (Å²) in [4.78, 5) is 0. The van der Waals surface area contributed by atoms with E-state index in [1.165, 1.54) is 6.07 Å². The van der Waals surface area contributed by atoms with Crippen LogP contribution in [-0.2, 0) is 0 Å². The molecule has 1 N–H and O–H groups in total. The van der Waals surface area contributed by atoms with Crippen molar-refractivity contribution in [1.82, 2.24) is 5.32 Å². The summed E-state index contributed by atoms with van der Waals surface area (Å²) in [6.07, 6.45) is 8.95. The van der Waals surface area contributed by atoms with E-state index < -0.39 is 0 Å². The lowest BCUT2D eigenvalue weighted by molar-refractivity contribution is 0.479. The third-order valence-corrected chi connectivity index (χ3v) is 2.83. The second kappa shape index (κ2) is 7.86. The molecule has 1 aromatic rings. The average Bonchev–Trinajstić information content (AvgIpc) is 2.35. The van der Waals surface area contributed by atoms with Crippen LogP contribution >= 0.6 is 0 Å². The molecule has 0 aliphatic carbocycles. The number of benzene rings is 1. The molecule has 0 amide bonds. The zero-order valence-electron chi connectivity index (χ0n) is 10.4. The fraction of sp³-hybridized carbons (Fsp3) is 0.467. The van der Waals surface area contributed by atoms with E-state index in [1.54, 1.807) is 6.07 Å². The number of hydrogen-bond acceptors (Lipinski definition) is 1. The van der Waals surface area contributed by atoms with Crippen molar-refractivity contribution in [2.75, 3.05) is 6.54 Å². The lowest BCUT2D eigenvalue weighted by Crippen LogP contribution is -2.22. The van der Waals surface area contributed by atoms with Crippen molar-refractivity contribution < 1.29 is 4.39 Å². The van der Waals surface area contributed by atoms with Crippen LogP contribution in [0.3, 0.4) is 0 Å². The minimum atomic E-state index is -0.129. The molecule has 1 nitrogen and oxygen atoms in total. The van der Waals surface area contributed by atoms with Crippen molar-refractivity contribution in [3.8, 4) is 12.3 Å². The minimum Gasteiger partial charge on any atom is -0.310 e. The van der Waals surface area contributed by atoms with Crippen LogP contribution < -0.4 is 5.32 Å². The van der Waals surface area contributed by atoms with Gasteiger partial charge in [0.05, 0.1) is 0 Å². The van der Waals surface area contributed by atoms with Gasteiger partial charge in [0.15, 0.2) is 0 Å². The maximum absolute atomic E-state index is 13.6. The van der Waals surface area contributed by atoms with E-state index >= 15 is 0 Å². The molecule has 17 heavy (non-hydrogen) atoms. The molecule has 0 saturated heterocycles. The molecule has 0 bridgehead atoms. The van der Waals surface area contributed by atoms with Crippen LogP contribution in [0.1, 0.15) is 44.2 Å². The summed E-state index contributed by atoms with van der Waals surface area (Å²) in [5.41, 5.74) is 0.756. The molecule has 1 atom stereocenters. The topological polar surface area (TPSA) is 12.0 Å². The lowest BCUT2D eigenvalue weighted by Gasteiger charge is -2.17. The Kier molecular flexibility index (Phi) is 6.35. The first kappa shape index (κ1) is 13.7. The fourth-order valence-corrected chi connectivity index (χ4v) is 1.86. The number of terminal acetylenes is 1. The van der Waals surface area contributed by atoms with E-state index in [9.17, 15) is 4.39 Å². The first-order valence-corrected chi connectivity index (χ1v) is 6.20.